The Hall–Kier alpha value is -0.540. The minimum Gasteiger partial charge on any atom is -0.306 e. The highest BCUT2D eigenvalue weighted by atomic mass is 35.5. The van der Waals surface area contributed by atoms with Gasteiger partial charge in [-0.05, 0) is 27.2 Å². The van der Waals surface area contributed by atoms with Crippen LogP contribution in [-0.2, 0) is 13.6 Å². The molecule has 0 saturated carbocycles. The van der Waals surface area contributed by atoms with Gasteiger partial charge in [0.25, 0.3) is 0 Å². The van der Waals surface area contributed by atoms with E-state index in [1.54, 1.807) is 0 Å². The predicted molar refractivity (Wildman–Crippen MR) is 64.2 cm³/mol. The molecule has 4 heteroatoms. The Kier molecular flexibility index (Phi) is 3.79. The standard InChI is InChI=1S/C11H20ClN3/c1-6-11(3,4)13-7-9-10(12)8(2)14-15(9)5/h13H,6-7H2,1-5H3. The van der Waals surface area contributed by atoms with Gasteiger partial charge in [-0.1, -0.05) is 18.5 Å². The van der Waals surface area contributed by atoms with E-state index in [4.69, 9.17) is 11.6 Å². The van der Waals surface area contributed by atoms with Crippen LogP contribution in [0.2, 0.25) is 5.02 Å². The van der Waals surface area contributed by atoms with Crippen LogP contribution in [0.15, 0.2) is 0 Å². The van der Waals surface area contributed by atoms with Crippen molar-refractivity contribution in [3.05, 3.63) is 16.4 Å². The second-order valence-electron chi connectivity index (χ2n) is 4.56. The number of halogens is 1. The van der Waals surface area contributed by atoms with E-state index in [2.05, 4.69) is 31.2 Å². The molecule has 15 heavy (non-hydrogen) atoms. The molecule has 0 aliphatic rings. The number of nitrogens with zero attached hydrogens (tertiary/aromatic N) is 2. The van der Waals surface area contributed by atoms with E-state index in [0.29, 0.717) is 0 Å². The van der Waals surface area contributed by atoms with Gasteiger partial charge in [-0.2, -0.15) is 5.10 Å². The lowest BCUT2D eigenvalue weighted by Gasteiger charge is -2.24. The highest BCUT2D eigenvalue weighted by Gasteiger charge is 2.17. The first-order chi connectivity index (χ1) is 6.87. The summed E-state index contributed by atoms with van der Waals surface area (Å²) in [5.74, 6) is 0. The molecule has 0 radical (unpaired) electrons. The molecular formula is C11H20ClN3. The third-order valence-corrected chi connectivity index (χ3v) is 3.37. The summed E-state index contributed by atoms with van der Waals surface area (Å²) in [4.78, 5) is 0. The number of hydrogen-bond acceptors (Lipinski definition) is 2. The average molecular weight is 230 g/mol. The maximum Gasteiger partial charge on any atom is 0.0860 e. The second kappa shape index (κ2) is 4.54. The number of aryl methyl sites for hydroxylation is 2. The molecule has 0 aromatic carbocycles. The summed E-state index contributed by atoms with van der Waals surface area (Å²) in [7, 11) is 1.93. The Labute approximate surface area is 96.8 Å². The van der Waals surface area contributed by atoms with Crippen molar-refractivity contribution >= 4 is 11.6 Å². The first-order valence-electron chi connectivity index (χ1n) is 5.30. The van der Waals surface area contributed by atoms with Gasteiger partial charge in [0.1, 0.15) is 0 Å². The summed E-state index contributed by atoms with van der Waals surface area (Å²) in [6.45, 7) is 9.23. The minimum absolute atomic E-state index is 0.140. The fraction of sp³-hybridized carbons (Fsp3) is 0.727. The van der Waals surface area contributed by atoms with E-state index in [1.807, 2.05) is 18.7 Å². The SMILES string of the molecule is CCC(C)(C)NCc1c(Cl)c(C)nn1C. The molecule has 1 N–H and O–H groups in total. The molecule has 0 aliphatic carbocycles. The van der Waals surface area contributed by atoms with Gasteiger partial charge in [0.05, 0.1) is 16.4 Å². The summed E-state index contributed by atoms with van der Waals surface area (Å²) in [6.07, 6.45) is 1.08. The van der Waals surface area contributed by atoms with E-state index in [-0.39, 0.29) is 5.54 Å². The zero-order chi connectivity index (χ0) is 11.6. The van der Waals surface area contributed by atoms with Gasteiger partial charge in [0.15, 0.2) is 0 Å². The molecule has 1 heterocycles. The van der Waals surface area contributed by atoms with E-state index in [1.165, 1.54) is 0 Å². The third-order valence-electron chi connectivity index (χ3n) is 2.88. The second-order valence-corrected chi connectivity index (χ2v) is 4.94. The van der Waals surface area contributed by atoms with Crippen LogP contribution >= 0.6 is 11.6 Å². The summed E-state index contributed by atoms with van der Waals surface area (Å²) < 4.78 is 1.84. The summed E-state index contributed by atoms with van der Waals surface area (Å²) >= 11 is 6.16. The minimum atomic E-state index is 0.140. The third kappa shape index (κ3) is 2.95. The lowest BCUT2D eigenvalue weighted by Crippen LogP contribution is -2.38. The number of nitrogens with one attached hydrogen (secondary N) is 1. The molecule has 3 nitrogen and oxygen atoms in total. The van der Waals surface area contributed by atoms with Gasteiger partial charge in [-0.25, -0.2) is 0 Å². The summed E-state index contributed by atoms with van der Waals surface area (Å²) in [5, 5.41) is 8.53. The number of rotatable bonds is 4. The molecule has 0 fully saturated rings. The van der Waals surface area contributed by atoms with Crippen molar-refractivity contribution < 1.29 is 0 Å². The van der Waals surface area contributed by atoms with Crippen molar-refractivity contribution in [2.45, 2.75) is 46.2 Å². The first kappa shape index (κ1) is 12.5. The molecule has 1 rings (SSSR count). The van der Waals surface area contributed by atoms with Gasteiger partial charge in [0.2, 0.25) is 0 Å². The zero-order valence-corrected chi connectivity index (χ0v) is 10.9. The van der Waals surface area contributed by atoms with Crippen LogP contribution in [0, 0.1) is 6.92 Å². The van der Waals surface area contributed by atoms with Crippen molar-refractivity contribution in [3.63, 3.8) is 0 Å². The molecule has 86 valence electrons. The van der Waals surface area contributed by atoms with Crippen LogP contribution in [0.3, 0.4) is 0 Å². The maximum atomic E-state index is 6.16. The number of aromatic nitrogens is 2. The van der Waals surface area contributed by atoms with Crippen molar-refractivity contribution in [2.24, 2.45) is 7.05 Å². The molecule has 0 aliphatic heterocycles. The fourth-order valence-electron chi connectivity index (χ4n) is 1.32. The smallest absolute Gasteiger partial charge is 0.0860 e. The molecule has 0 atom stereocenters. The Morgan fingerprint density at radius 3 is 2.47 bits per heavy atom. The van der Waals surface area contributed by atoms with Crippen molar-refractivity contribution in [1.82, 2.24) is 15.1 Å². The Balaban J connectivity index is 2.73. The molecule has 1 aromatic rings. The van der Waals surface area contributed by atoms with E-state index < -0.39 is 0 Å². The van der Waals surface area contributed by atoms with Gasteiger partial charge in [0, 0.05) is 19.1 Å². The van der Waals surface area contributed by atoms with Crippen LogP contribution < -0.4 is 5.32 Å². The quantitative estimate of drug-likeness (QED) is 0.861. The van der Waals surface area contributed by atoms with Crippen LogP contribution in [0.4, 0.5) is 0 Å². The normalized spacial score (nSPS) is 12.1. The Bertz CT molecular complexity index is 342. The largest absolute Gasteiger partial charge is 0.306 e. The van der Waals surface area contributed by atoms with Gasteiger partial charge >= 0.3 is 0 Å². The predicted octanol–water partition coefficient (Wildman–Crippen LogP) is 2.66. The Morgan fingerprint density at radius 1 is 1.47 bits per heavy atom. The van der Waals surface area contributed by atoms with Crippen LogP contribution in [-0.4, -0.2) is 15.3 Å². The fourth-order valence-corrected chi connectivity index (χ4v) is 1.55. The van der Waals surface area contributed by atoms with E-state index >= 15 is 0 Å². The molecular weight excluding hydrogens is 210 g/mol. The highest BCUT2D eigenvalue weighted by Crippen LogP contribution is 2.20. The van der Waals surface area contributed by atoms with Crippen molar-refractivity contribution in [1.29, 1.82) is 0 Å². The van der Waals surface area contributed by atoms with Gasteiger partial charge in [-0.3, -0.25) is 4.68 Å². The molecule has 0 saturated heterocycles. The first-order valence-corrected chi connectivity index (χ1v) is 5.68. The van der Waals surface area contributed by atoms with E-state index in [9.17, 15) is 0 Å². The monoisotopic (exact) mass is 229 g/mol. The van der Waals surface area contributed by atoms with Crippen molar-refractivity contribution in [3.8, 4) is 0 Å². The average Bonchev–Trinajstić information content (AvgIpc) is 2.39. The lowest BCUT2D eigenvalue weighted by atomic mass is 10.0. The molecule has 0 amide bonds. The summed E-state index contributed by atoms with van der Waals surface area (Å²) in [6, 6.07) is 0. The Morgan fingerprint density at radius 2 is 2.07 bits per heavy atom. The molecule has 0 bridgehead atoms. The van der Waals surface area contributed by atoms with E-state index in [0.717, 1.165) is 29.4 Å². The molecule has 0 unspecified atom stereocenters. The van der Waals surface area contributed by atoms with Crippen LogP contribution in [0.1, 0.15) is 38.6 Å². The van der Waals surface area contributed by atoms with Gasteiger partial charge in [-0.15, -0.1) is 0 Å². The maximum absolute atomic E-state index is 6.16. The summed E-state index contributed by atoms with van der Waals surface area (Å²) in [5.41, 5.74) is 2.09. The van der Waals surface area contributed by atoms with Crippen LogP contribution in [0.5, 0.6) is 0 Å². The molecule has 1 aromatic heterocycles. The zero-order valence-electron chi connectivity index (χ0n) is 10.2. The van der Waals surface area contributed by atoms with Crippen LogP contribution in [0.25, 0.3) is 0 Å². The number of hydrogen-bond donors (Lipinski definition) is 1. The van der Waals surface area contributed by atoms with Crippen molar-refractivity contribution in [2.75, 3.05) is 0 Å². The lowest BCUT2D eigenvalue weighted by molar-refractivity contribution is 0.369. The topological polar surface area (TPSA) is 29.9 Å². The highest BCUT2D eigenvalue weighted by molar-refractivity contribution is 6.31. The van der Waals surface area contributed by atoms with Gasteiger partial charge < -0.3 is 5.32 Å². The molecule has 0 spiro atoms.